The summed E-state index contributed by atoms with van der Waals surface area (Å²) in [5.41, 5.74) is 1.55. The fourth-order valence-electron chi connectivity index (χ4n) is 6.01. The van der Waals surface area contributed by atoms with Crippen LogP contribution in [-0.2, 0) is 20.4 Å². The Labute approximate surface area is 174 Å². The van der Waals surface area contributed by atoms with Crippen molar-refractivity contribution in [1.82, 2.24) is 0 Å². The van der Waals surface area contributed by atoms with Crippen LogP contribution in [-0.4, -0.2) is 5.43 Å². The molecule has 5 atom stereocenters. The second-order valence-electron chi connectivity index (χ2n) is 8.24. The normalized spacial score (nSPS) is 34.6. The molecule has 0 bridgehead atoms. The van der Waals surface area contributed by atoms with Gasteiger partial charge in [-0.05, 0) is 0 Å². The first-order valence-electron chi connectivity index (χ1n) is 9.57. The van der Waals surface area contributed by atoms with Gasteiger partial charge in [-0.3, -0.25) is 0 Å². The molecule has 2 saturated carbocycles. The van der Waals surface area contributed by atoms with Crippen molar-refractivity contribution in [2.24, 2.45) is 23.7 Å². The monoisotopic (exact) mass is 470 g/mol. The summed E-state index contributed by atoms with van der Waals surface area (Å²) in [5.74, 6) is 3.89. The Morgan fingerprint density at radius 2 is 1.60 bits per heavy atom. The van der Waals surface area contributed by atoms with E-state index >= 15 is 0 Å². The van der Waals surface area contributed by atoms with Gasteiger partial charge in [0.1, 0.15) is 0 Å². The second-order valence-corrected chi connectivity index (χ2v) is 26.0. The second kappa shape index (κ2) is 9.22. The van der Waals surface area contributed by atoms with Crippen LogP contribution in [0.4, 0.5) is 0 Å². The SMILES string of the molecule is CC1=[C]([Zr+2]([CH]2C3C=CC=CC3C3CCCCC32)=[Si](C)C)CC=C1.[Cl-].[Cl-]. The van der Waals surface area contributed by atoms with Crippen molar-refractivity contribution in [3.8, 4) is 0 Å². The zero-order valence-corrected chi connectivity index (χ0v) is 20.6. The number of fused-ring (bicyclic) bond motifs is 3. The minimum Gasteiger partial charge on any atom is -1.00 e. The average Bonchev–Trinajstić information content (AvgIpc) is 3.11. The van der Waals surface area contributed by atoms with Crippen LogP contribution < -0.4 is 24.8 Å². The Morgan fingerprint density at radius 3 is 2.20 bits per heavy atom. The molecule has 0 aliphatic heterocycles. The molecule has 25 heavy (non-hydrogen) atoms. The van der Waals surface area contributed by atoms with E-state index in [0.29, 0.717) is 0 Å². The van der Waals surface area contributed by atoms with Crippen LogP contribution in [0.2, 0.25) is 16.7 Å². The molecule has 0 amide bonds. The van der Waals surface area contributed by atoms with Crippen molar-refractivity contribution in [2.75, 3.05) is 0 Å². The number of hydrogen-bond donors (Lipinski definition) is 0. The van der Waals surface area contributed by atoms with Crippen molar-refractivity contribution < 1.29 is 45.2 Å². The summed E-state index contributed by atoms with van der Waals surface area (Å²) < 4.78 is 3.12. The summed E-state index contributed by atoms with van der Waals surface area (Å²) in [4.78, 5) is 0. The maximum Gasteiger partial charge on any atom is -1.00 e. The molecule has 0 radical (unpaired) electrons. The van der Waals surface area contributed by atoms with Gasteiger partial charge in [-0.1, -0.05) is 0 Å². The van der Waals surface area contributed by atoms with E-state index in [4.69, 9.17) is 0 Å². The minimum atomic E-state index is -1.53. The number of rotatable bonds is 2. The third kappa shape index (κ3) is 3.94. The van der Waals surface area contributed by atoms with Crippen LogP contribution in [0.25, 0.3) is 0 Å². The van der Waals surface area contributed by atoms with Crippen LogP contribution >= 0.6 is 0 Å². The van der Waals surface area contributed by atoms with Gasteiger partial charge >= 0.3 is 151 Å². The average molecular weight is 473 g/mol. The van der Waals surface area contributed by atoms with Crippen LogP contribution in [0.3, 0.4) is 0 Å². The Kier molecular flexibility index (Phi) is 8.09. The summed E-state index contributed by atoms with van der Waals surface area (Å²) >= 11 is -1.53. The van der Waals surface area contributed by atoms with Crippen LogP contribution in [0, 0.1) is 23.7 Å². The first kappa shape index (κ1) is 21.9. The Bertz CT molecular complexity index is 655. The Morgan fingerprint density at radius 1 is 0.960 bits per heavy atom. The first-order chi connectivity index (χ1) is 11.2. The van der Waals surface area contributed by atoms with Gasteiger partial charge in [-0.2, -0.15) is 0 Å². The predicted molar refractivity (Wildman–Crippen MR) is 98.4 cm³/mol. The summed E-state index contributed by atoms with van der Waals surface area (Å²) in [7, 11) is 0. The van der Waals surface area contributed by atoms with Crippen LogP contribution in [0.5, 0.6) is 0 Å². The van der Waals surface area contributed by atoms with Crippen molar-refractivity contribution in [1.29, 1.82) is 0 Å². The third-order valence-corrected chi connectivity index (χ3v) is 26.3. The number of halogens is 2. The van der Waals surface area contributed by atoms with Crippen LogP contribution in [0.1, 0.15) is 39.0 Å². The van der Waals surface area contributed by atoms with E-state index in [0.717, 1.165) is 27.3 Å². The zero-order chi connectivity index (χ0) is 16.0. The van der Waals surface area contributed by atoms with Crippen molar-refractivity contribution >= 4 is 5.43 Å². The van der Waals surface area contributed by atoms with Gasteiger partial charge in [0, 0.05) is 0 Å². The van der Waals surface area contributed by atoms with E-state index in [1.165, 1.54) is 25.7 Å². The summed E-state index contributed by atoms with van der Waals surface area (Å²) in [6.07, 6.45) is 22.2. The van der Waals surface area contributed by atoms with Crippen molar-refractivity contribution in [3.05, 3.63) is 45.3 Å². The fourth-order valence-corrected chi connectivity index (χ4v) is 27.7. The van der Waals surface area contributed by atoms with Gasteiger partial charge in [-0.15, -0.1) is 0 Å². The summed E-state index contributed by atoms with van der Waals surface area (Å²) in [6.45, 7) is 7.72. The largest absolute Gasteiger partial charge is 1.00 e. The molecule has 0 heterocycles. The molecule has 2 fully saturated rings. The van der Waals surface area contributed by atoms with E-state index in [1.54, 1.807) is 12.0 Å². The van der Waals surface area contributed by atoms with Gasteiger partial charge in [0.15, 0.2) is 0 Å². The van der Waals surface area contributed by atoms with E-state index in [2.05, 4.69) is 56.5 Å². The molecule has 136 valence electrons. The van der Waals surface area contributed by atoms with Gasteiger partial charge in [0.2, 0.25) is 0 Å². The number of hydrogen-bond acceptors (Lipinski definition) is 0. The van der Waals surface area contributed by atoms with Crippen LogP contribution in [0.15, 0.2) is 45.3 Å². The molecule has 4 aliphatic rings. The standard InChI is InChI=1S/C13H17.C6H7.C2H6Si.2ClH.Zr/c1-3-7-12-10(5-1)9-11-6-2-4-8-13(11)12;1-6-4-2-3-5-6;1-3-2;;;/h1,3,5,7,9-13H,2,4,6,8H2;2,4H,3H2,1H3;1-2H3;2*1H;/q;;;;;+2/p-2. The molecular formula is C21H30Cl2SiZr. The molecule has 0 N–H and O–H groups in total. The first-order valence-corrected chi connectivity index (χ1v) is 18.4. The van der Waals surface area contributed by atoms with Crippen molar-refractivity contribution in [2.45, 2.75) is 55.7 Å². The quantitative estimate of drug-likeness (QED) is 0.499. The summed E-state index contributed by atoms with van der Waals surface area (Å²) in [6, 6.07) is 0. The molecule has 4 aliphatic carbocycles. The topological polar surface area (TPSA) is 0 Å². The fraction of sp³-hybridized carbons (Fsp3) is 0.619. The minimum absolute atomic E-state index is 0. The van der Waals surface area contributed by atoms with E-state index in [1.807, 2.05) is 3.28 Å². The zero-order valence-electron chi connectivity index (χ0n) is 15.6. The predicted octanol–water partition coefficient (Wildman–Crippen LogP) is 0.0645. The molecule has 5 unspecified atom stereocenters. The van der Waals surface area contributed by atoms with Gasteiger partial charge in [0.25, 0.3) is 0 Å². The maximum atomic E-state index is 2.66. The van der Waals surface area contributed by atoms with E-state index in [-0.39, 0.29) is 30.2 Å². The van der Waals surface area contributed by atoms with Gasteiger partial charge in [0.05, 0.1) is 0 Å². The molecule has 0 aromatic carbocycles. The molecule has 0 nitrogen and oxygen atoms in total. The molecule has 0 aromatic heterocycles. The Balaban J connectivity index is 0.00000113. The van der Waals surface area contributed by atoms with E-state index < -0.39 is 20.4 Å². The van der Waals surface area contributed by atoms with Gasteiger partial charge < -0.3 is 24.8 Å². The smallest absolute Gasteiger partial charge is 1.00 e. The molecule has 0 spiro atoms. The Hall–Kier alpha value is 0.640. The molecule has 0 saturated heterocycles. The molecular weight excluding hydrogens is 442 g/mol. The molecule has 4 heteroatoms. The summed E-state index contributed by atoms with van der Waals surface area (Å²) in [5, 5.41) is 0. The molecule has 0 aromatic rings. The third-order valence-electron chi connectivity index (χ3n) is 6.83. The van der Waals surface area contributed by atoms with E-state index in [9.17, 15) is 0 Å². The number of allylic oxidation sites excluding steroid dienone is 8. The molecule has 4 rings (SSSR count). The van der Waals surface area contributed by atoms with Crippen molar-refractivity contribution in [3.63, 3.8) is 0 Å². The van der Waals surface area contributed by atoms with Gasteiger partial charge in [-0.25, -0.2) is 0 Å². The maximum absolute atomic E-state index is 2.66.